The van der Waals surface area contributed by atoms with Gasteiger partial charge in [0.25, 0.3) is 5.69 Å². The summed E-state index contributed by atoms with van der Waals surface area (Å²) in [4.78, 5) is 30.9. The van der Waals surface area contributed by atoms with E-state index in [-0.39, 0.29) is 10.6 Å². The largest absolute Gasteiger partial charge is 0.495 e. The zero-order valence-corrected chi connectivity index (χ0v) is 17.1. The number of ether oxygens (including phenoxy) is 1. The molecule has 0 unspecified atom stereocenters. The molecule has 1 heterocycles. The predicted molar refractivity (Wildman–Crippen MR) is 113 cm³/mol. The first-order chi connectivity index (χ1) is 14.8. The summed E-state index contributed by atoms with van der Waals surface area (Å²) in [7, 11) is 1.69. The number of methoxy groups -OCH3 is 1. The molecule has 0 aliphatic carbocycles. The minimum atomic E-state index is -1.82. The number of non-ortho nitro benzene ring substituents is 1. The summed E-state index contributed by atoms with van der Waals surface area (Å²) in [6.45, 7) is 2.84. The number of rotatable bonds is 6. The van der Waals surface area contributed by atoms with Gasteiger partial charge in [-0.15, -0.1) is 0 Å². The zero-order chi connectivity index (χ0) is 22.8. The lowest BCUT2D eigenvalue weighted by Gasteiger charge is -2.33. The number of hydrogen-bond donors (Lipinski definition) is 3. The van der Waals surface area contributed by atoms with Gasteiger partial charge in [-0.05, 0) is 30.5 Å². The first-order valence-corrected chi connectivity index (χ1v) is 9.61. The molecule has 0 radical (unpaired) electrons. The molecule has 166 valence electrons. The summed E-state index contributed by atoms with van der Waals surface area (Å²) in [5.74, 6) is -2.78. The highest BCUT2D eigenvalue weighted by atomic mass is 16.6. The second kappa shape index (κ2) is 11.5. The van der Waals surface area contributed by atoms with Gasteiger partial charge >= 0.3 is 11.9 Å². The summed E-state index contributed by atoms with van der Waals surface area (Å²) in [6, 6.07) is 15.3. The normalized spacial score (nSPS) is 14.1. The third-order valence-corrected chi connectivity index (χ3v) is 4.79. The molecule has 1 aliphatic heterocycles. The van der Waals surface area contributed by atoms with E-state index >= 15 is 0 Å². The topological polar surface area (TPSA) is 142 Å². The second-order valence-electron chi connectivity index (χ2n) is 6.93. The number of carboxylic acid groups (broad SMARTS) is 2. The van der Waals surface area contributed by atoms with Crippen molar-refractivity contribution < 1.29 is 29.5 Å². The van der Waals surface area contributed by atoms with Crippen molar-refractivity contribution in [2.24, 2.45) is 0 Å². The van der Waals surface area contributed by atoms with Crippen LogP contribution in [-0.4, -0.2) is 58.2 Å². The molecule has 31 heavy (non-hydrogen) atoms. The van der Waals surface area contributed by atoms with Crippen molar-refractivity contribution in [1.82, 2.24) is 4.90 Å². The minimum absolute atomic E-state index is 0.142. The Morgan fingerprint density at radius 1 is 1.10 bits per heavy atom. The Morgan fingerprint density at radius 3 is 2.19 bits per heavy atom. The Kier molecular flexibility index (Phi) is 8.77. The summed E-state index contributed by atoms with van der Waals surface area (Å²) < 4.78 is 5.39. The highest BCUT2D eigenvalue weighted by Gasteiger charge is 2.20. The number of nitro benzene ring substituents is 1. The number of nitrogens with one attached hydrogen (secondary N) is 1. The maximum absolute atomic E-state index is 10.7. The molecule has 3 rings (SSSR count). The van der Waals surface area contributed by atoms with Crippen LogP contribution in [0.2, 0.25) is 0 Å². The molecule has 2 aromatic carbocycles. The van der Waals surface area contributed by atoms with Crippen LogP contribution in [0.25, 0.3) is 0 Å². The van der Waals surface area contributed by atoms with Gasteiger partial charge < -0.3 is 20.3 Å². The zero-order valence-electron chi connectivity index (χ0n) is 17.1. The van der Waals surface area contributed by atoms with E-state index in [0.717, 1.165) is 49.5 Å². The Morgan fingerprint density at radius 2 is 1.68 bits per heavy atom. The van der Waals surface area contributed by atoms with Crippen LogP contribution in [0.1, 0.15) is 18.4 Å². The van der Waals surface area contributed by atoms with Gasteiger partial charge in [-0.3, -0.25) is 15.0 Å². The monoisotopic (exact) mass is 431 g/mol. The van der Waals surface area contributed by atoms with Gasteiger partial charge in [0, 0.05) is 37.8 Å². The van der Waals surface area contributed by atoms with Crippen molar-refractivity contribution in [3.63, 3.8) is 0 Å². The lowest BCUT2D eigenvalue weighted by Crippen LogP contribution is -2.38. The van der Waals surface area contributed by atoms with Gasteiger partial charge in [-0.25, -0.2) is 9.59 Å². The van der Waals surface area contributed by atoms with Gasteiger partial charge in [0.05, 0.1) is 17.7 Å². The molecule has 0 spiro atoms. The number of benzene rings is 2. The number of anilines is 1. The number of aliphatic carboxylic acids is 2. The summed E-state index contributed by atoms with van der Waals surface area (Å²) in [5, 5.41) is 29.1. The SMILES string of the molecule is COc1ccccc1NC1CCN(Cc2ccc([N+](=O)[O-])cc2)CC1.O=C(O)C(=O)O. The molecule has 0 amide bonds. The number of likely N-dealkylation sites (tertiary alicyclic amines) is 1. The van der Waals surface area contributed by atoms with Crippen molar-refractivity contribution in [2.45, 2.75) is 25.4 Å². The van der Waals surface area contributed by atoms with Crippen LogP contribution in [-0.2, 0) is 16.1 Å². The highest BCUT2D eigenvalue weighted by molar-refractivity contribution is 6.27. The first kappa shape index (κ1) is 23.6. The average Bonchev–Trinajstić information content (AvgIpc) is 2.76. The fourth-order valence-electron chi connectivity index (χ4n) is 3.20. The maximum atomic E-state index is 10.7. The number of hydrogen-bond acceptors (Lipinski definition) is 7. The Labute approximate surface area is 179 Å². The number of carbonyl (C=O) groups is 2. The molecule has 10 heteroatoms. The number of para-hydroxylation sites is 2. The van der Waals surface area contributed by atoms with Gasteiger partial charge in [-0.2, -0.15) is 0 Å². The van der Waals surface area contributed by atoms with Crippen molar-refractivity contribution in [1.29, 1.82) is 0 Å². The third kappa shape index (κ3) is 7.59. The molecule has 3 N–H and O–H groups in total. The predicted octanol–water partition coefficient (Wildman–Crippen LogP) is 2.84. The van der Waals surface area contributed by atoms with Gasteiger partial charge in [0.2, 0.25) is 0 Å². The molecule has 0 aromatic heterocycles. The van der Waals surface area contributed by atoms with Crippen LogP contribution in [0.4, 0.5) is 11.4 Å². The number of piperidine rings is 1. The Balaban J connectivity index is 0.000000501. The third-order valence-electron chi connectivity index (χ3n) is 4.79. The molecule has 1 saturated heterocycles. The van der Waals surface area contributed by atoms with Gasteiger partial charge in [0.15, 0.2) is 0 Å². The van der Waals surface area contributed by atoms with Gasteiger partial charge in [0.1, 0.15) is 5.75 Å². The fraction of sp³-hybridized carbons (Fsp3) is 0.333. The second-order valence-corrected chi connectivity index (χ2v) is 6.93. The molecular weight excluding hydrogens is 406 g/mol. The van der Waals surface area contributed by atoms with Crippen molar-refractivity contribution in [3.8, 4) is 5.75 Å². The van der Waals surface area contributed by atoms with E-state index in [2.05, 4.69) is 10.2 Å². The lowest BCUT2D eigenvalue weighted by molar-refractivity contribution is -0.384. The van der Waals surface area contributed by atoms with E-state index in [0.29, 0.717) is 6.04 Å². The van der Waals surface area contributed by atoms with E-state index in [1.807, 2.05) is 36.4 Å². The molecular formula is C21H25N3O7. The Bertz CT molecular complexity index is 882. The van der Waals surface area contributed by atoms with Crippen LogP contribution in [0.15, 0.2) is 48.5 Å². The van der Waals surface area contributed by atoms with E-state index in [1.54, 1.807) is 19.2 Å². The number of nitrogens with zero attached hydrogens (tertiary/aromatic N) is 2. The van der Waals surface area contributed by atoms with Crippen LogP contribution < -0.4 is 10.1 Å². The van der Waals surface area contributed by atoms with E-state index in [1.165, 1.54) is 0 Å². The molecule has 1 aliphatic rings. The standard InChI is InChI=1S/C19H23N3O3.C2H2O4/c1-25-19-5-3-2-4-18(19)20-16-10-12-21(13-11-16)14-15-6-8-17(9-7-15)22(23)24;3-1(4)2(5)6/h2-9,16,20H,10-14H2,1H3;(H,3,4)(H,5,6). The summed E-state index contributed by atoms with van der Waals surface area (Å²) in [6.07, 6.45) is 2.12. The smallest absolute Gasteiger partial charge is 0.414 e. The molecule has 0 bridgehead atoms. The van der Waals surface area contributed by atoms with Crippen molar-refractivity contribution in [3.05, 3.63) is 64.2 Å². The molecule has 1 fully saturated rings. The minimum Gasteiger partial charge on any atom is -0.495 e. The maximum Gasteiger partial charge on any atom is 0.414 e. The molecule has 0 atom stereocenters. The number of nitro groups is 1. The Hall–Kier alpha value is -3.66. The van der Waals surface area contributed by atoms with Crippen LogP contribution in [0.3, 0.4) is 0 Å². The molecule has 10 nitrogen and oxygen atoms in total. The number of carboxylic acids is 2. The van der Waals surface area contributed by atoms with Gasteiger partial charge in [-0.1, -0.05) is 24.3 Å². The van der Waals surface area contributed by atoms with Crippen LogP contribution in [0.5, 0.6) is 5.75 Å². The molecule has 0 saturated carbocycles. The van der Waals surface area contributed by atoms with Crippen LogP contribution in [0, 0.1) is 10.1 Å². The first-order valence-electron chi connectivity index (χ1n) is 9.61. The van der Waals surface area contributed by atoms with E-state index in [4.69, 9.17) is 24.5 Å². The quantitative estimate of drug-likeness (QED) is 0.357. The van der Waals surface area contributed by atoms with E-state index in [9.17, 15) is 10.1 Å². The summed E-state index contributed by atoms with van der Waals surface area (Å²) >= 11 is 0. The van der Waals surface area contributed by atoms with Crippen molar-refractivity contribution >= 4 is 23.3 Å². The highest BCUT2D eigenvalue weighted by Crippen LogP contribution is 2.26. The summed E-state index contributed by atoms with van der Waals surface area (Å²) in [5.41, 5.74) is 2.30. The average molecular weight is 431 g/mol. The van der Waals surface area contributed by atoms with Crippen LogP contribution >= 0.6 is 0 Å². The van der Waals surface area contributed by atoms with Crippen molar-refractivity contribution in [2.75, 3.05) is 25.5 Å². The fourth-order valence-corrected chi connectivity index (χ4v) is 3.20. The van der Waals surface area contributed by atoms with E-state index < -0.39 is 11.9 Å². The molecule has 2 aromatic rings. The lowest BCUT2D eigenvalue weighted by atomic mass is 10.0.